The maximum atomic E-state index is 13.0. The van der Waals surface area contributed by atoms with Crippen LogP contribution in [0.1, 0.15) is 30.3 Å². The van der Waals surface area contributed by atoms with Crippen molar-refractivity contribution in [2.75, 3.05) is 44.7 Å². The van der Waals surface area contributed by atoms with Gasteiger partial charge in [-0.3, -0.25) is 14.5 Å². The Bertz CT molecular complexity index is 947. The van der Waals surface area contributed by atoms with Crippen LogP contribution in [-0.2, 0) is 4.79 Å². The Kier molecular flexibility index (Phi) is 4.46. The fraction of sp³-hybridized carbons (Fsp3) is 0.571. The number of piperazine rings is 1. The standard InChI is InChI=1S/C21H27N5O3/c1-13-20(14-3-5-25(13)6-4-14)23-21(28)16-9-15-17(12-29-18(15)10-22-16)26-8-7-24(2)19(27)11-26/h9-10,12-14,20H,3-8,11H2,1-2H3,(H,23,28). The van der Waals surface area contributed by atoms with Crippen molar-refractivity contribution in [1.29, 1.82) is 0 Å². The van der Waals surface area contributed by atoms with Gasteiger partial charge in [0, 0.05) is 37.6 Å². The van der Waals surface area contributed by atoms with E-state index in [-0.39, 0.29) is 17.9 Å². The number of rotatable bonds is 3. The van der Waals surface area contributed by atoms with Gasteiger partial charge in [0.1, 0.15) is 12.0 Å². The molecule has 8 heteroatoms. The van der Waals surface area contributed by atoms with Crippen molar-refractivity contribution in [3.05, 3.63) is 24.2 Å². The number of carbonyl (C=O) groups is 2. The van der Waals surface area contributed by atoms with Crippen molar-refractivity contribution in [1.82, 2.24) is 20.1 Å². The van der Waals surface area contributed by atoms with Crippen LogP contribution in [0.15, 0.2) is 22.9 Å². The van der Waals surface area contributed by atoms with Gasteiger partial charge in [0.15, 0.2) is 5.58 Å². The van der Waals surface area contributed by atoms with E-state index in [9.17, 15) is 9.59 Å². The van der Waals surface area contributed by atoms with Crippen LogP contribution in [0, 0.1) is 5.92 Å². The number of aromatic nitrogens is 1. The molecule has 2 aromatic heterocycles. The lowest BCUT2D eigenvalue weighted by Crippen LogP contribution is -2.62. The molecule has 8 nitrogen and oxygen atoms in total. The zero-order valence-corrected chi connectivity index (χ0v) is 16.9. The molecule has 0 saturated carbocycles. The maximum Gasteiger partial charge on any atom is 0.270 e. The number of nitrogens with zero attached hydrogens (tertiary/aromatic N) is 4. The van der Waals surface area contributed by atoms with Crippen LogP contribution in [0.5, 0.6) is 0 Å². The van der Waals surface area contributed by atoms with Gasteiger partial charge in [-0.25, -0.2) is 4.98 Å². The Labute approximate surface area is 169 Å². The molecular weight excluding hydrogens is 370 g/mol. The van der Waals surface area contributed by atoms with Crippen molar-refractivity contribution in [2.24, 2.45) is 5.92 Å². The molecule has 2 bridgehead atoms. The Morgan fingerprint density at radius 2 is 2.03 bits per heavy atom. The second kappa shape index (κ2) is 7.02. The second-order valence-electron chi connectivity index (χ2n) is 8.54. The minimum Gasteiger partial charge on any atom is -0.460 e. The van der Waals surface area contributed by atoms with Crippen LogP contribution in [-0.4, -0.2) is 78.5 Å². The number of carbonyl (C=O) groups excluding carboxylic acids is 2. The third-order valence-electron chi connectivity index (χ3n) is 6.95. The average Bonchev–Trinajstić information content (AvgIpc) is 3.16. The molecule has 2 atom stereocenters. The van der Waals surface area contributed by atoms with Crippen molar-refractivity contribution in [3.63, 3.8) is 0 Å². The topological polar surface area (TPSA) is 81.9 Å². The van der Waals surface area contributed by atoms with Crippen molar-refractivity contribution >= 4 is 28.5 Å². The number of piperidine rings is 3. The van der Waals surface area contributed by atoms with E-state index < -0.39 is 0 Å². The first kappa shape index (κ1) is 18.4. The number of hydrogen-bond acceptors (Lipinski definition) is 6. The molecule has 4 aliphatic rings. The Morgan fingerprint density at radius 3 is 2.76 bits per heavy atom. The summed E-state index contributed by atoms with van der Waals surface area (Å²) in [5.41, 5.74) is 1.86. The molecule has 29 heavy (non-hydrogen) atoms. The van der Waals surface area contributed by atoms with Crippen molar-refractivity contribution in [3.8, 4) is 0 Å². The lowest BCUT2D eigenvalue weighted by Gasteiger charge is -2.49. The molecule has 0 spiro atoms. The molecular formula is C21H27N5O3. The van der Waals surface area contributed by atoms with Crippen LogP contribution in [0.25, 0.3) is 11.0 Å². The Balaban J connectivity index is 1.38. The summed E-state index contributed by atoms with van der Waals surface area (Å²) in [4.78, 5) is 35.6. The normalized spacial score (nSPS) is 29.5. The number of pyridine rings is 1. The summed E-state index contributed by atoms with van der Waals surface area (Å²) in [6.45, 7) is 6.17. The molecule has 6 rings (SSSR count). The monoisotopic (exact) mass is 397 g/mol. The predicted molar refractivity (Wildman–Crippen MR) is 109 cm³/mol. The Hall–Kier alpha value is -2.61. The second-order valence-corrected chi connectivity index (χ2v) is 8.54. The van der Waals surface area contributed by atoms with E-state index in [4.69, 9.17) is 4.42 Å². The average molecular weight is 397 g/mol. The summed E-state index contributed by atoms with van der Waals surface area (Å²) in [6.07, 6.45) is 5.55. The van der Waals surface area contributed by atoms with E-state index in [0.29, 0.717) is 36.3 Å². The molecule has 4 saturated heterocycles. The summed E-state index contributed by atoms with van der Waals surface area (Å²) in [6, 6.07) is 2.32. The minimum absolute atomic E-state index is 0.0777. The van der Waals surface area contributed by atoms with Crippen molar-refractivity contribution in [2.45, 2.75) is 31.8 Å². The fourth-order valence-electron chi connectivity index (χ4n) is 5.02. The third kappa shape index (κ3) is 3.15. The molecule has 0 aromatic carbocycles. The number of anilines is 1. The number of hydrogen-bond donors (Lipinski definition) is 1. The van der Waals surface area contributed by atoms with Crippen LogP contribution >= 0.6 is 0 Å². The summed E-state index contributed by atoms with van der Waals surface area (Å²) in [7, 11) is 1.81. The highest BCUT2D eigenvalue weighted by atomic mass is 16.3. The quantitative estimate of drug-likeness (QED) is 0.841. The van der Waals surface area contributed by atoms with E-state index in [1.165, 1.54) is 0 Å². The summed E-state index contributed by atoms with van der Waals surface area (Å²) >= 11 is 0. The summed E-state index contributed by atoms with van der Waals surface area (Å²) in [5.74, 6) is 0.483. The van der Waals surface area contributed by atoms with Gasteiger partial charge in [-0.05, 0) is 44.8 Å². The van der Waals surface area contributed by atoms with Gasteiger partial charge >= 0.3 is 0 Å². The highest BCUT2D eigenvalue weighted by Crippen LogP contribution is 2.33. The molecule has 4 fully saturated rings. The first-order valence-corrected chi connectivity index (χ1v) is 10.4. The molecule has 0 aliphatic carbocycles. The van der Waals surface area contributed by atoms with Gasteiger partial charge in [-0.15, -0.1) is 0 Å². The van der Waals surface area contributed by atoms with E-state index in [2.05, 4.69) is 22.1 Å². The van der Waals surface area contributed by atoms with Gasteiger partial charge in [-0.2, -0.15) is 0 Å². The summed E-state index contributed by atoms with van der Waals surface area (Å²) in [5, 5.41) is 4.06. The Morgan fingerprint density at radius 1 is 1.24 bits per heavy atom. The SMILES string of the molecule is CC1C(NC(=O)c2cc3c(N4CCN(C)C(=O)C4)coc3cn2)C2CCN1CC2. The lowest BCUT2D eigenvalue weighted by molar-refractivity contribution is -0.129. The highest BCUT2D eigenvalue weighted by molar-refractivity contribution is 6.00. The molecule has 6 heterocycles. The van der Waals surface area contributed by atoms with Crippen molar-refractivity contribution < 1.29 is 14.0 Å². The van der Waals surface area contributed by atoms with E-state index in [1.54, 1.807) is 23.4 Å². The van der Waals surface area contributed by atoms with Gasteiger partial charge in [0.2, 0.25) is 5.91 Å². The smallest absolute Gasteiger partial charge is 0.270 e. The van der Waals surface area contributed by atoms with Gasteiger partial charge in [0.05, 0.1) is 18.4 Å². The van der Waals surface area contributed by atoms with Gasteiger partial charge < -0.3 is 19.5 Å². The molecule has 2 aromatic rings. The van der Waals surface area contributed by atoms with Crippen LogP contribution < -0.4 is 10.2 Å². The lowest BCUT2D eigenvalue weighted by atomic mass is 9.79. The zero-order valence-electron chi connectivity index (χ0n) is 16.9. The molecule has 154 valence electrons. The number of nitrogens with one attached hydrogen (secondary N) is 1. The highest BCUT2D eigenvalue weighted by Gasteiger charge is 2.40. The molecule has 2 unspecified atom stereocenters. The minimum atomic E-state index is -0.140. The van der Waals surface area contributed by atoms with E-state index in [1.807, 2.05) is 11.9 Å². The number of likely N-dealkylation sites (N-methyl/N-ethyl adjacent to an activating group) is 1. The largest absolute Gasteiger partial charge is 0.460 e. The third-order valence-corrected chi connectivity index (χ3v) is 6.95. The van der Waals surface area contributed by atoms with Crippen LogP contribution in [0.4, 0.5) is 5.69 Å². The summed E-state index contributed by atoms with van der Waals surface area (Å²) < 4.78 is 5.64. The first-order valence-electron chi connectivity index (χ1n) is 10.4. The number of furan rings is 1. The maximum absolute atomic E-state index is 13.0. The number of amides is 2. The fourth-order valence-corrected chi connectivity index (χ4v) is 5.02. The van der Waals surface area contributed by atoms with Gasteiger partial charge in [0.25, 0.3) is 5.91 Å². The van der Waals surface area contributed by atoms with E-state index in [0.717, 1.165) is 43.5 Å². The van der Waals surface area contributed by atoms with Gasteiger partial charge in [-0.1, -0.05) is 0 Å². The first-order chi connectivity index (χ1) is 14.0. The molecule has 2 amide bonds. The molecule has 4 aliphatic heterocycles. The zero-order chi connectivity index (χ0) is 20.1. The van der Waals surface area contributed by atoms with Crippen LogP contribution in [0.3, 0.4) is 0 Å². The predicted octanol–water partition coefficient (Wildman–Crippen LogP) is 1.32. The van der Waals surface area contributed by atoms with Crippen LogP contribution in [0.2, 0.25) is 0 Å². The molecule has 1 N–H and O–H groups in total. The molecule has 0 radical (unpaired) electrons. The number of fused-ring (bicyclic) bond motifs is 4. The van der Waals surface area contributed by atoms with E-state index >= 15 is 0 Å².